The summed E-state index contributed by atoms with van der Waals surface area (Å²) in [6.07, 6.45) is 0. The van der Waals surface area contributed by atoms with Gasteiger partial charge in [0.15, 0.2) is 0 Å². The molecule has 0 spiro atoms. The SMILES string of the molecule is Cc1cc(C)cc(CN2CC(C)(O)C2)c1. The third-order valence-electron chi connectivity index (χ3n) is 2.82. The van der Waals surface area contributed by atoms with Gasteiger partial charge < -0.3 is 5.11 Å². The highest BCUT2D eigenvalue weighted by atomic mass is 16.3. The lowest BCUT2D eigenvalue weighted by molar-refractivity contribution is -0.0871. The van der Waals surface area contributed by atoms with Crippen molar-refractivity contribution in [3.8, 4) is 0 Å². The summed E-state index contributed by atoms with van der Waals surface area (Å²) in [6.45, 7) is 8.69. The average molecular weight is 205 g/mol. The zero-order valence-electron chi connectivity index (χ0n) is 9.75. The molecule has 2 nitrogen and oxygen atoms in total. The smallest absolute Gasteiger partial charge is 0.0872 e. The monoisotopic (exact) mass is 205 g/mol. The second kappa shape index (κ2) is 3.62. The van der Waals surface area contributed by atoms with E-state index in [1.807, 2.05) is 6.92 Å². The second-order valence-electron chi connectivity index (χ2n) is 5.14. The number of aryl methyl sites for hydroxylation is 2. The van der Waals surface area contributed by atoms with Crippen LogP contribution in [-0.2, 0) is 6.54 Å². The van der Waals surface area contributed by atoms with Crippen LogP contribution < -0.4 is 0 Å². The molecule has 0 aromatic heterocycles. The molecule has 0 aliphatic carbocycles. The van der Waals surface area contributed by atoms with E-state index in [2.05, 4.69) is 36.9 Å². The van der Waals surface area contributed by atoms with Gasteiger partial charge in [0.2, 0.25) is 0 Å². The first-order chi connectivity index (χ1) is 6.94. The molecule has 1 fully saturated rings. The lowest BCUT2D eigenvalue weighted by Crippen LogP contribution is -2.59. The molecule has 15 heavy (non-hydrogen) atoms. The fourth-order valence-electron chi connectivity index (χ4n) is 2.45. The third-order valence-corrected chi connectivity index (χ3v) is 2.82. The summed E-state index contributed by atoms with van der Waals surface area (Å²) in [5, 5.41) is 9.63. The van der Waals surface area contributed by atoms with Crippen LogP contribution in [0.3, 0.4) is 0 Å². The zero-order valence-corrected chi connectivity index (χ0v) is 9.75. The van der Waals surface area contributed by atoms with Crippen molar-refractivity contribution in [2.75, 3.05) is 13.1 Å². The first-order valence-corrected chi connectivity index (χ1v) is 5.47. The van der Waals surface area contributed by atoms with E-state index in [0.29, 0.717) is 0 Å². The Balaban J connectivity index is 2.00. The van der Waals surface area contributed by atoms with Crippen molar-refractivity contribution in [1.82, 2.24) is 4.90 Å². The Bertz CT molecular complexity index is 343. The maximum absolute atomic E-state index is 9.63. The highest BCUT2D eigenvalue weighted by molar-refractivity contribution is 5.28. The largest absolute Gasteiger partial charge is 0.388 e. The molecule has 0 saturated carbocycles. The van der Waals surface area contributed by atoms with Crippen LogP contribution in [0.5, 0.6) is 0 Å². The van der Waals surface area contributed by atoms with E-state index < -0.39 is 5.60 Å². The second-order valence-corrected chi connectivity index (χ2v) is 5.14. The number of aliphatic hydroxyl groups is 1. The minimum absolute atomic E-state index is 0.459. The van der Waals surface area contributed by atoms with Gasteiger partial charge in [0.05, 0.1) is 5.60 Å². The molecule has 82 valence electrons. The Kier molecular flexibility index (Phi) is 2.57. The molecule has 1 heterocycles. The summed E-state index contributed by atoms with van der Waals surface area (Å²) in [4.78, 5) is 2.27. The van der Waals surface area contributed by atoms with Crippen LogP contribution in [0, 0.1) is 13.8 Å². The van der Waals surface area contributed by atoms with Crippen LogP contribution in [0.25, 0.3) is 0 Å². The highest BCUT2D eigenvalue weighted by Gasteiger charge is 2.35. The molecule has 0 radical (unpaired) electrons. The van der Waals surface area contributed by atoms with Crippen LogP contribution in [0.2, 0.25) is 0 Å². The van der Waals surface area contributed by atoms with Crippen LogP contribution in [0.15, 0.2) is 18.2 Å². The van der Waals surface area contributed by atoms with Gasteiger partial charge in [-0.1, -0.05) is 29.3 Å². The van der Waals surface area contributed by atoms with Crippen LogP contribution in [0.1, 0.15) is 23.6 Å². The summed E-state index contributed by atoms with van der Waals surface area (Å²) in [7, 11) is 0. The highest BCUT2D eigenvalue weighted by Crippen LogP contribution is 2.22. The molecule has 1 saturated heterocycles. The minimum atomic E-state index is -0.459. The van der Waals surface area contributed by atoms with E-state index in [1.165, 1.54) is 16.7 Å². The molecule has 0 bridgehead atoms. The van der Waals surface area contributed by atoms with Crippen molar-refractivity contribution in [2.24, 2.45) is 0 Å². The summed E-state index contributed by atoms with van der Waals surface area (Å²) in [5.41, 5.74) is 3.52. The van der Waals surface area contributed by atoms with Crippen LogP contribution in [0.4, 0.5) is 0 Å². The Morgan fingerprint density at radius 1 is 1.20 bits per heavy atom. The van der Waals surface area contributed by atoms with Gasteiger partial charge in [-0.05, 0) is 26.3 Å². The van der Waals surface area contributed by atoms with Gasteiger partial charge >= 0.3 is 0 Å². The van der Waals surface area contributed by atoms with Crippen molar-refractivity contribution in [3.05, 3.63) is 34.9 Å². The van der Waals surface area contributed by atoms with Crippen molar-refractivity contribution in [3.63, 3.8) is 0 Å². The number of likely N-dealkylation sites (tertiary alicyclic amines) is 1. The Hall–Kier alpha value is -0.860. The Morgan fingerprint density at radius 3 is 2.20 bits per heavy atom. The van der Waals surface area contributed by atoms with Crippen LogP contribution in [-0.4, -0.2) is 28.7 Å². The van der Waals surface area contributed by atoms with Crippen molar-refractivity contribution >= 4 is 0 Å². The first-order valence-electron chi connectivity index (χ1n) is 5.47. The summed E-state index contributed by atoms with van der Waals surface area (Å²) >= 11 is 0. The lowest BCUT2D eigenvalue weighted by atomic mass is 9.96. The van der Waals surface area contributed by atoms with Gasteiger partial charge in [-0.2, -0.15) is 0 Å². The van der Waals surface area contributed by atoms with E-state index in [1.54, 1.807) is 0 Å². The zero-order chi connectivity index (χ0) is 11.1. The van der Waals surface area contributed by atoms with Crippen molar-refractivity contribution in [1.29, 1.82) is 0 Å². The fourth-order valence-corrected chi connectivity index (χ4v) is 2.45. The van der Waals surface area contributed by atoms with Gasteiger partial charge in [-0.15, -0.1) is 0 Å². The number of hydrogen-bond donors (Lipinski definition) is 1. The van der Waals surface area contributed by atoms with Gasteiger partial charge in [0, 0.05) is 19.6 Å². The molecule has 0 atom stereocenters. The summed E-state index contributed by atoms with van der Waals surface area (Å²) in [5.74, 6) is 0. The molecule has 0 amide bonds. The molecule has 1 N–H and O–H groups in total. The van der Waals surface area contributed by atoms with E-state index in [9.17, 15) is 5.11 Å². The third kappa shape index (κ3) is 2.58. The topological polar surface area (TPSA) is 23.5 Å². The summed E-state index contributed by atoms with van der Waals surface area (Å²) < 4.78 is 0. The number of hydrogen-bond acceptors (Lipinski definition) is 2. The summed E-state index contributed by atoms with van der Waals surface area (Å²) in [6, 6.07) is 6.63. The maximum atomic E-state index is 9.63. The standard InChI is InChI=1S/C13H19NO/c1-10-4-11(2)6-12(5-10)7-14-8-13(3,15)9-14/h4-6,15H,7-9H2,1-3H3. The fraction of sp³-hybridized carbons (Fsp3) is 0.538. The number of rotatable bonds is 2. The van der Waals surface area contributed by atoms with E-state index in [4.69, 9.17) is 0 Å². The lowest BCUT2D eigenvalue weighted by Gasteiger charge is -2.44. The number of benzene rings is 1. The van der Waals surface area contributed by atoms with E-state index in [-0.39, 0.29) is 0 Å². The van der Waals surface area contributed by atoms with Gasteiger partial charge in [0.25, 0.3) is 0 Å². The quantitative estimate of drug-likeness (QED) is 0.796. The van der Waals surface area contributed by atoms with E-state index >= 15 is 0 Å². The maximum Gasteiger partial charge on any atom is 0.0872 e. The van der Waals surface area contributed by atoms with Gasteiger partial charge in [-0.3, -0.25) is 4.90 Å². The molecular formula is C13H19NO. The molecule has 0 unspecified atom stereocenters. The van der Waals surface area contributed by atoms with Crippen LogP contribution >= 0.6 is 0 Å². The molecular weight excluding hydrogens is 186 g/mol. The Morgan fingerprint density at radius 2 is 1.73 bits per heavy atom. The predicted octanol–water partition coefficient (Wildman–Crippen LogP) is 1.87. The first kappa shape index (κ1) is 10.7. The van der Waals surface area contributed by atoms with E-state index in [0.717, 1.165) is 19.6 Å². The molecule has 2 rings (SSSR count). The minimum Gasteiger partial charge on any atom is -0.388 e. The number of nitrogens with zero attached hydrogens (tertiary/aromatic N) is 1. The van der Waals surface area contributed by atoms with Gasteiger partial charge in [-0.25, -0.2) is 0 Å². The average Bonchev–Trinajstić information content (AvgIpc) is 1.97. The molecule has 2 heteroatoms. The predicted molar refractivity (Wildman–Crippen MR) is 61.8 cm³/mol. The molecule has 1 aliphatic heterocycles. The molecule has 1 aromatic rings. The van der Waals surface area contributed by atoms with Crippen molar-refractivity contribution in [2.45, 2.75) is 32.9 Å². The Labute approximate surface area is 91.5 Å². The molecule has 1 aliphatic rings. The normalized spacial score (nSPS) is 20.0. The number of β-amino-alcohol motifs (C(OH)–C–C–N with tert-alkyl or cyclic N) is 1. The molecule has 1 aromatic carbocycles. The van der Waals surface area contributed by atoms with Crippen molar-refractivity contribution < 1.29 is 5.11 Å². The van der Waals surface area contributed by atoms with Gasteiger partial charge in [0.1, 0.15) is 0 Å².